The van der Waals surface area contributed by atoms with Crippen LogP contribution in [0.3, 0.4) is 0 Å². The highest BCUT2D eigenvalue weighted by Gasteiger charge is 2.54. The number of aliphatic hydroxyl groups excluding tert-OH is 1. The third kappa shape index (κ3) is 4.61. The molecule has 11 heteroatoms. The summed E-state index contributed by atoms with van der Waals surface area (Å²) < 4.78 is 51.4. The van der Waals surface area contributed by atoms with Gasteiger partial charge in [0.15, 0.2) is 5.79 Å². The summed E-state index contributed by atoms with van der Waals surface area (Å²) in [5, 5.41) is 14.5. The molecule has 1 aliphatic carbocycles. The van der Waals surface area contributed by atoms with Gasteiger partial charge >= 0.3 is 6.18 Å². The molecule has 2 fully saturated rings. The number of aromatic nitrogens is 3. The van der Waals surface area contributed by atoms with E-state index in [-0.39, 0.29) is 18.3 Å². The van der Waals surface area contributed by atoms with Crippen LogP contribution in [-0.2, 0) is 15.9 Å². The van der Waals surface area contributed by atoms with Crippen LogP contribution >= 0.6 is 11.3 Å². The van der Waals surface area contributed by atoms with Crippen molar-refractivity contribution >= 4 is 27.4 Å². The molecule has 34 heavy (non-hydrogen) atoms. The average Bonchev–Trinajstić information content (AvgIpc) is 3.38. The zero-order valence-corrected chi connectivity index (χ0v) is 19.7. The number of aryl methyl sites for hydroxylation is 2. The van der Waals surface area contributed by atoms with Crippen molar-refractivity contribution in [2.75, 3.05) is 5.32 Å². The van der Waals surface area contributed by atoms with Gasteiger partial charge in [-0.3, -0.25) is 0 Å². The number of anilines is 1. The lowest BCUT2D eigenvalue weighted by Gasteiger charge is -2.24. The number of hydrogen-bond acceptors (Lipinski definition) is 8. The third-order valence-corrected chi connectivity index (χ3v) is 7.09. The van der Waals surface area contributed by atoms with Crippen molar-refractivity contribution in [3.05, 3.63) is 35.8 Å². The molecule has 0 unspecified atom stereocenters. The second-order valence-electron chi connectivity index (χ2n) is 9.17. The summed E-state index contributed by atoms with van der Waals surface area (Å²) in [7, 11) is 0. The lowest BCUT2D eigenvalue weighted by Crippen LogP contribution is -2.35. The second-order valence-corrected chi connectivity index (χ2v) is 10.2. The molecule has 3 aromatic rings. The molecule has 1 aliphatic heterocycles. The molecule has 0 radical (unpaired) electrons. The Kier molecular flexibility index (Phi) is 5.78. The topological polar surface area (TPSA) is 89.4 Å². The number of ether oxygens (including phenoxy) is 2. The highest BCUT2D eigenvalue weighted by molar-refractivity contribution is 7.21. The summed E-state index contributed by atoms with van der Waals surface area (Å²) in [5.74, 6) is -0.359. The monoisotopic (exact) mass is 494 g/mol. The highest BCUT2D eigenvalue weighted by Crippen LogP contribution is 2.41. The molecule has 5 rings (SSSR count). The first-order valence-corrected chi connectivity index (χ1v) is 11.9. The molecule has 1 saturated carbocycles. The predicted molar refractivity (Wildman–Crippen MR) is 122 cm³/mol. The first-order valence-electron chi connectivity index (χ1n) is 11.1. The van der Waals surface area contributed by atoms with E-state index in [0.717, 1.165) is 10.2 Å². The largest absolute Gasteiger partial charge is 0.390 e. The first-order chi connectivity index (χ1) is 16.0. The van der Waals surface area contributed by atoms with Crippen molar-refractivity contribution < 1.29 is 27.8 Å². The maximum Gasteiger partial charge on any atom is 0.389 e. The van der Waals surface area contributed by atoms with E-state index in [2.05, 4.69) is 15.3 Å². The molecule has 1 saturated heterocycles. The minimum atomic E-state index is -4.31. The van der Waals surface area contributed by atoms with Crippen LogP contribution in [0.15, 0.2) is 24.3 Å². The molecule has 2 aromatic heterocycles. The Labute approximate surface area is 198 Å². The number of benzene rings is 1. The van der Waals surface area contributed by atoms with Gasteiger partial charge in [-0.2, -0.15) is 13.2 Å². The minimum absolute atomic E-state index is 0.0983. The molecule has 1 aromatic carbocycles. The van der Waals surface area contributed by atoms with E-state index < -0.39 is 36.7 Å². The Hall–Kier alpha value is -2.34. The molecule has 182 valence electrons. The van der Waals surface area contributed by atoms with Gasteiger partial charge in [-0.05, 0) is 39.3 Å². The van der Waals surface area contributed by atoms with Crippen molar-refractivity contribution in [1.82, 2.24) is 15.0 Å². The molecular formula is C23H25F3N4O3S. The highest BCUT2D eigenvalue weighted by atomic mass is 32.1. The van der Waals surface area contributed by atoms with Gasteiger partial charge in [0.1, 0.15) is 28.9 Å². The Balaban J connectivity index is 1.53. The maximum atomic E-state index is 12.9. The van der Waals surface area contributed by atoms with Crippen molar-refractivity contribution in [2.24, 2.45) is 0 Å². The fourth-order valence-electron chi connectivity index (χ4n) is 4.61. The first kappa shape index (κ1) is 23.4. The molecule has 2 N–H and O–H groups in total. The molecule has 0 spiro atoms. The van der Waals surface area contributed by atoms with Crippen LogP contribution in [0.25, 0.3) is 20.8 Å². The van der Waals surface area contributed by atoms with E-state index in [1.54, 1.807) is 20.8 Å². The van der Waals surface area contributed by atoms with E-state index in [0.29, 0.717) is 28.5 Å². The van der Waals surface area contributed by atoms with Crippen molar-refractivity contribution in [3.8, 4) is 10.6 Å². The number of fused-ring (bicyclic) bond motifs is 2. The van der Waals surface area contributed by atoms with Crippen LogP contribution in [0.1, 0.15) is 38.2 Å². The van der Waals surface area contributed by atoms with Crippen LogP contribution in [-0.4, -0.2) is 56.4 Å². The molecule has 0 bridgehead atoms. The lowest BCUT2D eigenvalue weighted by molar-refractivity contribution is -0.162. The normalized spacial score (nSPS) is 26.2. The second kappa shape index (κ2) is 8.40. The smallest absolute Gasteiger partial charge is 0.389 e. The third-order valence-electron chi connectivity index (χ3n) is 6.03. The standard InChI is InChI=1S/C23H25F3N4O3S/c1-11-17(21-29-12-6-4-5-7-15(12)34-21)20(30-16(27-11)8-9-23(24,25)26)28-13-10-14(31)19-18(13)32-22(2,3)33-19/h4-7,13-14,18-19,31H,8-10H2,1-3H3,(H,27,28,30)/t13-,14+,18+,19-/m1/s1. The number of aliphatic hydroxyl groups is 1. The quantitative estimate of drug-likeness (QED) is 0.535. The molecule has 2 aliphatic rings. The fourth-order valence-corrected chi connectivity index (χ4v) is 5.67. The Morgan fingerprint density at radius 2 is 1.88 bits per heavy atom. The average molecular weight is 495 g/mol. The van der Waals surface area contributed by atoms with Crippen LogP contribution in [0, 0.1) is 6.92 Å². The number of halogens is 3. The molecular weight excluding hydrogens is 469 g/mol. The number of thiazole rings is 1. The summed E-state index contributed by atoms with van der Waals surface area (Å²) >= 11 is 1.46. The van der Waals surface area contributed by atoms with Gasteiger partial charge in [-0.15, -0.1) is 11.3 Å². The number of nitrogens with zero attached hydrogens (tertiary/aromatic N) is 3. The lowest BCUT2D eigenvalue weighted by atomic mass is 10.1. The van der Waals surface area contributed by atoms with E-state index >= 15 is 0 Å². The molecule has 7 nitrogen and oxygen atoms in total. The number of alkyl halides is 3. The van der Waals surface area contributed by atoms with Crippen molar-refractivity contribution in [2.45, 2.75) is 76.4 Å². The van der Waals surface area contributed by atoms with Gasteiger partial charge in [-0.1, -0.05) is 12.1 Å². The summed E-state index contributed by atoms with van der Waals surface area (Å²) in [6.07, 6.45) is -6.95. The number of rotatable bonds is 5. The minimum Gasteiger partial charge on any atom is -0.390 e. The van der Waals surface area contributed by atoms with Crippen LogP contribution in [0.5, 0.6) is 0 Å². The molecule has 4 atom stereocenters. The number of hydrogen-bond donors (Lipinski definition) is 2. The van der Waals surface area contributed by atoms with Crippen molar-refractivity contribution in [3.63, 3.8) is 0 Å². The maximum absolute atomic E-state index is 12.9. The van der Waals surface area contributed by atoms with E-state index in [4.69, 9.17) is 14.5 Å². The van der Waals surface area contributed by atoms with E-state index in [1.807, 2.05) is 24.3 Å². The summed E-state index contributed by atoms with van der Waals surface area (Å²) in [4.78, 5) is 13.6. The zero-order valence-electron chi connectivity index (χ0n) is 18.9. The van der Waals surface area contributed by atoms with Crippen LogP contribution in [0.2, 0.25) is 0 Å². The summed E-state index contributed by atoms with van der Waals surface area (Å²) in [5.41, 5.74) is 1.99. The predicted octanol–water partition coefficient (Wildman–Crippen LogP) is 4.62. The van der Waals surface area contributed by atoms with Gasteiger partial charge in [0, 0.05) is 6.42 Å². The van der Waals surface area contributed by atoms with Gasteiger partial charge in [0.05, 0.1) is 40.0 Å². The fraction of sp³-hybridized carbons (Fsp3) is 0.522. The van der Waals surface area contributed by atoms with Gasteiger partial charge in [0.2, 0.25) is 0 Å². The van der Waals surface area contributed by atoms with Crippen LogP contribution < -0.4 is 5.32 Å². The Bertz CT molecular complexity index is 1180. The van der Waals surface area contributed by atoms with Gasteiger partial charge < -0.3 is 19.9 Å². The molecule has 3 heterocycles. The van der Waals surface area contributed by atoms with Crippen molar-refractivity contribution in [1.29, 1.82) is 0 Å². The number of nitrogens with one attached hydrogen (secondary N) is 1. The van der Waals surface area contributed by atoms with Gasteiger partial charge in [0.25, 0.3) is 0 Å². The zero-order chi connectivity index (χ0) is 24.3. The number of para-hydroxylation sites is 1. The molecule has 0 amide bonds. The Morgan fingerprint density at radius 1 is 1.15 bits per heavy atom. The van der Waals surface area contributed by atoms with Crippen LogP contribution in [0.4, 0.5) is 19.0 Å². The van der Waals surface area contributed by atoms with Gasteiger partial charge in [-0.25, -0.2) is 15.0 Å². The summed E-state index contributed by atoms with van der Waals surface area (Å²) in [6, 6.07) is 7.33. The Morgan fingerprint density at radius 3 is 2.62 bits per heavy atom. The summed E-state index contributed by atoms with van der Waals surface area (Å²) in [6.45, 7) is 5.31. The van der Waals surface area contributed by atoms with E-state index in [1.165, 1.54) is 11.3 Å². The van der Waals surface area contributed by atoms with E-state index in [9.17, 15) is 18.3 Å². The SMILES string of the molecule is Cc1nc(CCC(F)(F)F)nc(N[C@@H]2C[C@H](O)[C@H]3OC(C)(C)O[C@H]32)c1-c1nc2ccccc2s1.